The summed E-state index contributed by atoms with van der Waals surface area (Å²) in [5.41, 5.74) is 0.717. The third-order valence-corrected chi connectivity index (χ3v) is 4.97. The van der Waals surface area contributed by atoms with Gasteiger partial charge in [-0.2, -0.15) is 0 Å². The molecule has 0 radical (unpaired) electrons. The monoisotopic (exact) mass is 435 g/mol. The number of carbonyl (C=O) groups excluding carboxylic acids is 2. The molecule has 1 aliphatic carbocycles. The standard InChI is InChI=1S/C14H15BrINO2/c1-17(10-3-5-11(18)6-4-10)14(19)12-8-9(15)2-7-13(12)16/h2,7-8,10H,3-6H2,1H3. The van der Waals surface area contributed by atoms with Crippen LogP contribution in [0.25, 0.3) is 0 Å². The van der Waals surface area contributed by atoms with Gasteiger partial charge >= 0.3 is 0 Å². The summed E-state index contributed by atoms with van der Waals surface area (Å²) >= 11 is 5.58. The first-order valence-electron chi connectivity index (χ1n) is 6.23. The fourth-order valence-electron chi connectivity index (χ4n) is 2.33. The molecular weight excluding hydrogens is 421 g/mol. The van der Waals surface area contributed by atoms with Crippen LogP contribution in [0.1, 0.15) is 36.0 Å². The zero-order valence-corrected chi connectivity index (χ0v) is 14.4. The first kappa shape index (κ1) is 15.0. The molecule has 0 bridgehead atoms. The van der Waals surface area contributed by atoms with Crippen molar-refractivity contribution >= 4 is 50.2 Å². The van der Waals surface area contributed by atoms with Crippen molar-refractivity contribution in [3.63, 3.8) is 0 Å². The van der Waals surface area contributed by atoms with Crippen LogP contribution in [0.3, 0.4) is 0 Å². The molecule has 0 aliphatic heterocycles. The lowest BCUT2D eigenvalue weighted by molar-refractivity contribution is -0.121. The van der Waals surface area contributed by atoms with Gasteiger partial charge in [0.25, 0.3) is 5.91 Å². The van der Waals surface area contributed by atoms with Crippen LogP contribution in [0.2, 0.25) is 0 Å². The molecule has 1 saturated carbocycles. The Labute approximate surface area is 135 Å². The minimum Gasteiger partial charge on any atom is -0.339 e. The molecule has 19 heavy (non-hydrogen) atoms. The van der Waals surface area contributed by atoms with E-state index in [1.165, 1.54) is 0 Å². The topological polar surface area (TPSA) is 37.4 Å². The molecule has 0 atom stereocenters. The van der Waals surface area contributed by atoms with Crippen molar-refractivity contribution in [2.75, 3.05) is 7.05 Å². The smallest absolute Gasteiger partial charge is 0.254 e. The lowest BCUT2D eigenvalue weighted by Gasteiger charge is -2.31. The van der Waals surface area contributed by atoms with E-state index >= 15 is 0 Å². The summed E-state index contributed by atoms with van der Waals surface area (Å²) in [4.78, 5) is 25.6. The van der Waals surface area contributed by atoms with E-state index in [9.17, 15) is 9.59 Å². The molecule has 1 aromatic carbocycles. The zero-order chi connectivity index (χ0) is 14.0. The van der Waals surface area contributed by atoms with E-state index in [0.29, 0.717) is 18.6 Å². The van der Waals surface area contributed by atoms with Gasteiger partial charge in [0.2, 0.25) is 0 Å². The lowest BCUT2D eigenvalue weighted by atomic mass is 9.93. The third-order valence-electron chi connectivity index (χ3n) is 3.54. The number of nitrogens with zero attached hydrogens (tertiary/aromatic N) is 1. The van der Waals surface area contributed by atoms with Crippen LogP contribution < -0.4 is 0 Å². The summed E-state index contributed by atoms with van der Waals surface area (Å²) in [7, 11) is 1.83. The van der Waals surface area contributed by atoms with Gasteiger partial charge in [0.1, 0.15) is 5.78 Å². The molecular formula is C14H15BrINO2. The molecule has 1 amide bonds. The second kappa shape index (κ2) is 6.35. The van der Waals surface area contributed by atoms with Crippen molar-refractivity contribution in [1.82, 2.24) is 4.90 Å². The largest absolute Gasteiger partial charge is 0.339 e. The maximum atomic E-state index is 12.5. The van der Waals surface area contributed by atoms with Crippen molar-refractivity contribution in [2.45, 2.75) is 31.7 Å². The third kappa shape index (κ3) is 3.56. The highest BCUT2D eigenvalue weighted by Crippen LogP contribution is 2.24. The Bertz CT molecular complexity index is 508. The van der Waals surface area contributed by atoms with Gasteiger partial charge in [-0.25, -0.2) is 0 Å². The summed E-state index contributed by atoms with van der Waals surface area (Å²) in [6.45, 7) is 0. The van der Waals surface area contributed by atoms with E-state index in [0.717, 1.165) is 26.4 Å². The molecule has 102 valence electrons. The summed E-state index contributed by atoms with van der Waals surface area (Å²) in [6, 6.07) is 5.89. The van der Waals surface area contributed by atoms with Crippen molar-refractivity contribution < 1.29 is 9.59 Å². The number of benzene rings is 1. The highest BCUT2D eigenvalue weighted by molar-refractivity contribution is 14.1. The van der Waals surface area contributed by atoms with Crippen molar-refractivity contribution in [1.29, 1.82) is 0 Å². The Morgan fingerprint density at radius 1 is 1.37 bits per heavy atom. The number of hydrogen-bond acceptors (Lipinski definition) is 2. The van der Waals surface area contributed by atoms with E-state index in [1.54, 1.807) is 4.90 Å². The fraction of sp³-hybridized carbons (Fsp3) is 0.429. The fourth-order valence-corrected chi connectivity index (χ4v) is 3.26. The van der Waals surface area contributed by atoms with Gasteiger partial charge < -0.3 is 4.90 Å². The minimum absolute atomic E-state index is 0.0325. The predicted octanol–water partition coefficient (Wildman–Crippen LogP) is 3.64. The zero-order valence-electron chi connectivity index (χ0n) is 10.7. The molecule has 0 saturated heterocycles. The quantitative estimate of drug-likeness (QED) is 0.665. The van der Waals surface area contributed by atoms with Gasteiger partial charge in [0.15, 0.2) is 0 Å². The number of hydrogen-bond donors (Lipinski definition) is 0. The Kier molecular flexibility index (Phi) is 5.00. The van der Waals surface area contributed by atoms with Crippen LogP contribution in [-0.4, -0.2) is 29.7 Å². The molecule has 0 N–H and O–H groups in total. The normalized spacial score (nSPS) is 16.5. The first-order chi connectivity index (χ1) is 8.99. The van der Waals surface area contributed by atoms with Crippen molar-refractivity contribution in [2.24, 2.45) is 0 Å². The predicted molar refractivity (Wildman–Crippen MR) is 86.2 cm³/mol. The van der Waals surface area contributed by atoms with E-state index in [1.807, 2.05) is 25.2 Å². The van der Waals surface area contributed by atoms with Gasteiger partial charge in [-0.3, -0.25) is 9.59 Å². The van der Waals surface area contributed by atoms with Crippen molar-refractivity contribution in [3.05, 3.63) is 31.8 Å². The average Bonchev–Trinajstić information content (AvgIpc) is 2.41. The first-order valence-corrected chi connectivity index (χ1v) is 8.10. The van der Waals surface area contributed by atoms with Gasteiger partial charge in [-0.05, 0) is 53.6 Å². The summed E-state index contributed by atoms with van der Waals surface area (Å²) < 4.78 is 1.85. The van der Waals surface area contributed by atoms with E-state index in [2.05, 4.69) is 38.5 Å². The molecule has 0 spiro atoms. The van der Waals surface area contributed by atoms with Gasteiger partial charge in [-0.1, -0.05) is 15.9 Å². The van der Waals surface area contributed by atoms with Crippen LogP contribution in [-0.2, 0) is 4.79 Å². The Hall–Kier alpha value is -0.430. The number of carbonyl (C=O) groups is 2. The number of ketones is 1. The van der Waals surface area contributed by atoms with Crippen LogP contribution in [0.4, 0.5) is 0 Å². The summed E-state index contributed by atoms with van der Waals surface area (Å²) in [5, 5.41) is 0. The molecule has 2 rings (SSSR count). The molecule has 0 heterocycles. The molecule has 0 unspecified atom stereocenters. The molecule has 3 nitrogen and oxygen atoms in total. The van der Waals surface area contributed by atoms with Gasteiger partial charge in [-0.15, -0.1) is 0 Å². The lowest BCUT2D eigenvalue weighted by Crippen LogP contribution is -2.39. The highest BCUT2D eigenvalue weighted by Gasteiger charge is 2.26. The Balaban J connectivity index is 2.14. The van der Waals surface area contributed by atoms with Crippen LogP contribution >= 0.6 is 38.5 Å². The second-order valence-corrected chi connectivity index (χ2v) is 6.89. The molecule has 5 heteroatoms. The SMILES string of the molecule is CN(C(=O)c1cc(Br)ccc1I)C1CCC(=O)CC1. The number of Topliss-reactive ketones (excluding diaryl/α,β-unsaturated/α-hetero) is 1. The molecule has 0 aromatic heterocycles. The maximum Gasteiger partial charge on any atom is 0.254 e. The van der Waals surface area contributed by atoms with E-state index in [-0.39, 0.29) is 11.9 Å². The molecule has 1 aromatic rings. The number of halogens is 2. The summed E-state index contributed by atoms with van der Waals surface area (Å²) in [6.07, 6.45) is 2.76. The van der Waals surface area contributed by atoms with Gasteiger partial charge in [0.05, 0.1) is 5.56 Å². The Morgan fingerprint density at radius 3 is 2.63 bits per heavy atom. The summed E-state index contributed by atoms with van der Waals surface area (Å²) in [5.74, 6) is 0.346. The number of amides is 1. The van der Waals surface area contributed by atoms with Crippen LogP contribution in [0.5, 0.6) is 0 Å². The van der Waals surface area contributed by atoms with E-state index in [4.69, 9.17) is 0 Å². The molecule has 1 fully saturated rings. The second-order valence-electron chi connectivity index (χ2n) is 4.81. The highest BCUT2D eigenvalue weighted by atomic mass is 127. The van der Waals surface area contributed by atoms with Crippen molar-refractivity contribution in [3.8, 4) is 0 Å². The maximum absolute atomic E-state index is 12.5. The minimum atomic E-state index is 0.0325. The van der Waals surface area contributed by atoms with Gasteiger partial charge in [0, 0.05) is 34.0 Å². The van der Waals surface area contributed by atoms with E-state index < -0.39 is 0 Å². The number of rotatable bonds is 2. The van der Waals surface area contributed by atoms with Crippen LogP contribution in [0, 0.1) is 3.57 Å². The molecule has 1 aliphatic rings. The average molecular weight is 436 g/mol. The van der Waals surface area contributed by atoms with Crippen LogP contribution in [0.15, 0.2) is 22.7 Å². The Morgan fingerprint density at radius 2 is 2.00 bits per heavy atom.